The van der Waals surface area contributed by atoms with E-state index in [4.69, 9.17) is 0 Å². The summed E-state index contributed by atoms with van der Waals surface area (Å²) in [6.45, 7) is 5.70. The van der Waals surface area contributed by atoms with Gasteiger partial charge in [-0.25, -0.2) is 4.79 Å². The van der Waals surface area contributed by atoms with E-state index >= 15 is 0 Å². The Morgan fingerprint density at radius 3 is 2.23 bits per heavy atom. The molecule has 0 saturated carbocycles. The van der Waals surface area contributed by atoms with Crippen LogP contribution in [-0.4, -0.2) is 14.2 Å². The average molecular weight is 407 g/mol. The Hall–Kier alpha value is -2.75. The highest BCUT2D eigenvalue weighted by Crippen LogP contribution is 2.14. The van der Waals surface area contributed by atoms with Crippen molar-refractivity contribution in [2.24, 2.45) is 0 Å². The number of aromatic hydroxyl groups is 1. The van der Waals surface area contributed by atoms with Gasteiger partial charge in [0, 0.05) is 18.4 Å². The van der Waals surface area contributed by atoms with Gasteiger partial charge in [-0.05, 0) is 55.9 Å². The SMILES string of the molecule is CCCCCCn1c(CCCc2ccc(O)cc2)cn(Cc2ccc(C)cc2)c1=O. The summed E-state index contributed by atoms with van der Waals surface area (Å²) in [5.41, 5.74) is 4.83. The molecular weight excluding hydrogens is 372 g/mol. The lowest BCUT2D eigenvalue weighted by Crippen LogP contribution is -2.25. The Morgan fingerprint density at radius 1 is 0.833 bits per heavy atom. The minimum atomic E-state index is 0.103. The smallest absolute Gasteiger partial charge is 0.328 e. The van der Waals surface area contributed by atoms with Crippen LogP contribution in [0.1, 0.15) is 61.4 Å². The minimum absolute atomic E-state index is 0.103. The first-order valence-electron chi connectivity index (χ1n) is 11.2. The van der Waals surface area contributed by atoms with E-state index in [2.05, 4.69) is 44.3 Å². The van der Waals surface area contributed by atoms with Crippen LogP contribution >= 0.6 is 0 Å². The van der Waals surface area contributed by atoms with E-state index in [9.17, 15) is 9.90 Å². The fraction of sp³-hybridized carbons (Fsp3) is 0.423. The lowest BCUT2D eigenvalue weighted by atomic mass is 10.1. The summed E-state index contributed by atoms with van der Waals surface area (Å²) >= 11 is 0. The van der Waals surface area contributed by atoms with Crippen molar-refractivity contribution in [3.63, 3.8) is 0 Å². The van der Waals surface area contributed by atoms with Gasteiger partial charge < -0.3 is 5.11 Å². The summed E-state index contributed by atoms with van der Waals surface area (Å²) in [5, 5.41) is 9.45. The Bertz CT molecular complexity index is 966. The Balaban J connectivity index is 1.71. The lowest BCUT2D eigenvalue weighted by Gasteiger charge is -2.07. The average Bonchev–Trinajstić information content (AvgIpc) is 3.03. The molecule has 0 atom stereocenters. The van der Waals surface area contributed by atoms with Gasteiger partial charge in [0.05, 0.1) is 6.54 Å². The molecule has 30 heavy (non-hydrogen) atoms. The van der Waals surface area contributed by atoms with Crippen molar-refractivity contribution in [3.8, 4) is 5.75 Å². The molecule has 4 nitrogen and oxygen atoms in total. The summed E-state index contributed by atoms with van der Waals surface area (Å²) in [4.78, 5) is 13.1. The molecule has 1 heterocycles. The molecule has 160 valence electrons. The van der Waals surface area contributed by atoms with Gasteiger partial charge in [-0.15, -0.1) is 0 Å². The zero-order valence-corrected chi connectivity index (χ0v) is 18.3. The minimum Gasteiger partial charge on any atom is -0.508 e. The normalized spacial score (nSPS) is 11.1. The number of aromatic nitrogens is 2. The largest absolute Gasteiger partial charge is 0.508 e. The first-order valence-corrected chi connectivity index (χ1v) is 11.2. The zero-order chi connectivity index (χ0) is 21.3. The molecule has 0 aliphatic rings. The van der Waals surface area contributed by atoms with Gasteiger partial charge in [-0.3, -0.25) is 9.13 Å². The van der Waals surface area contributed by atoms with E-state index < -0.39 is 0 Å². The standard InChI is InChI=1S/C26H34N2O2/c1-3-4-5-6-18-28-24(9-7-8-22-14-16-25(29)17-15-22)20-27(26(28)30)19-23-12-10-21(2)11-13-23/h10-17,20,29H,3-9,18-19H2,1-2H3. The van der Waals surface area contributed by atoms with E-state index in [-0.39, 0.29) is 5.69 Å². The molecule has 0 saturated heterocycles. The van der Waals surface area contributed by atoms with Gasteiger partial charge >= 0.3 is 5.69 Å². The predicted octanol–water partition coefficient (Wildman–Crippen LogP) is 5.47. The van der Waals surface area contributed by atoms with E-state index in [1.807, 2.05) is 21.3 Å². The monoisotopic (exact) mass is 406 g/mol. The van der Waals surface area contributed by atoms with E-state index in [1.54, 1.807) is 12.1 Å². The van der Waals surface area contributed by atoms with Gasteiger partial charge in [-0.2, -0.15) is 0 Å². The number of phenols is 1. The molecule has 1 aromatic heterocycles. The van der Waals surface area contributed by atoms with Crippen LogP contribution in [0, 0.1) is 6.92 Å². The number of hydrogen-bond acceptors (Lipinski definition) is 2. The van der Waals surface area contributed by atoms with E-state index in [0.717, 1.165) is 43.5 Å². The van der Waals surface area contributed by atoms with Crippen molar-refractivity contribution in [2.45, 2.75) is 71.9 Å². The highest BCUT2D eigenvalue weighted by Gasteiger charge is 2.12. The van der Waals surface area contributed by atoms with Crippen LogP contribution in [0.2, 0.25) is 0 Å². The van der Waals surface area contributed by atoms with Crippen LogP contribution in [0.3, 0.4) is 0 Å². The van der Waals surface area contributed by atoms with Crippen LogP contribution in [-0.2, 0) is 25.9 Å². The zero-order valence-electron chi connectivity index (χ0n) is 18.3. The number of imidazole rings is 1. The van der Waals surface area contributed by atoms with Crippen molar-refractivity contribution in [1.82, 2.24) is 9.13 Å². The molecule has 0 spiro atoms. The van der Waals surface area contributed by atoms with Crippen LogP contribution in [0.25, 0.3) is 0 Å². The molecule has 0 aliphatic carbocycles. The molecule has 0 radical (unpaired) electrons. The molecule has 3 aromatic rings. The quantitative estimate of drug-likeness (QED) is 0.429. The number of benzene rings is 2. The summed E-state index contributed by atoms with van der Waals surface area (Å²) < 4.78 is 3.85. The van der Waals surface area contributed by atoms with Crippen molar-refractivity contribution < 1.29 is 5.11 Å². The third kappa shape index (κ3) is 6.12. The first-order chi connectivity index (χ1) is 14.6. The third-order valence-corrected chi connectivity index (χ3v) is 5.67. The lowest BCUT2D eigenvalue weighted by molar-refractivity contribution is 0.475. The molecular formula is C26H34N2O2. The second-order valence-corrected chi connectivity index (χ2v) is 8.25. The van der Waals surface area contributed by atoms with Gasteiger partial charge in [0.25, 0.3) is 0 Å². The predicted molar refractivity (Wildman–Crippen MR) is 123 cm³/mol. The van der Waals surface area contributed by atoms with E-state index in [1.165, 1.54) is 30.4 Å². The molecule has 3 rings (SSSR count). The van der Waals surface area contributed by atoms with Crippen molar-refractivity contribution in [1.29, 1.82) is 0 Å². The number of unbranched alkanes of at least 4 members (excludes halogenated alkanes) is 3. The highest BCUT2D eigenvalue weighted by molar-refractivity contribution is 5.26. The maximum atomic E-state index is 13.1. The van der Waals surface area contributed by atoms with Crippen LogP contribution in [0.5, 0.6) is 5.75 Å². The van der Waals surface area contributed by atoms with Gasteiger partial charge in [0.15, 0.2) is 0 Å². The topological polar surface area (TPSA) is 47.2 Å². The molecule has 0 aliphatic heterocycles. The summed E-state index contributed by atoms with van der Waals surface area (Å²) in [6, 6.07) is 15.8. The van der Waals surface area contributed by atoms with E-state index in [0.29, 0.717) is 12.3 Å². The van der Waals surface area contributed by atoms with Crippen LogP contribution < -0.4 is 5.69 Å². The van der Waals surface area contributed by atoms with Crippen LogP contribution in [0.15, 0.2) is 59.5 Å². The summed E-state index contributed by atoms with van der Waals surface area (Å²) in [6.07, 6.45) is 9.48. The maximum absolute atomic E-state index is 13.1. The Morgan fingerprint density at radius 2 is 1.53 bits per heavy atom. The fourth-order valence-electron chi connectivity index (χ4n) is 3.86. The first kappa shape index (κ1) is 21.9. The summed E-state index contributed by atoms with van der Waals surface area (Å²) in [7, 11) is 0. The number of nitrogens with zero attached hydrogens (tertiary/aromatic N) is 2. The van der Waals surface area contributed by atoms with Crippen molar-refractivity contribution in [2.75, 3.05) is 0 Å². The van der Waals surface area contributed by atoms with Crippen molar-refractivity contribution in [3.05, 3.63) is 87.6 Å². The van der Waals surface area contributed by atoms with Gasteiger partial charge in [0.2, 0.25) is 0 Å². The molecule has 2 aromatic carbocycles. The van der Waals surface area contributed by atoms with Crippen molar-refractivity contribution >= 4 is 0 Å². The molecule has 0 amide bonds. The molecule has 1 N–H and O–H groups in total. The molecule has 0 unspecified atom stereocenters. The fourth-order valence-corrected chi connectivity index (χ4v) is 3.86. The second-order valence-electron chi connectivity index (χ2n) is 8.25. The highest BCUT2D eigenvalue weighted by atomic mass is 16.3. The Kier molecular flexibility index (Phi) is 7.95. The summed E-state index contributed by atoms with van der Waals surface area (Å²) in [5.74, 6) is 0.299. The van der Waals surface area contributed by atoms with Gasteiger partial charge in [-0.1, -0.05) is 68.1 Å². The number of aryl methyl sites for hydroxylation is 3. The Labute approximate surface area is 179 Å². The third-order valence-electron chi connectivity index (χ3n) is 5.67. The number of hydrogen-bond donors (Lipinski definition) is 1. The maximum Gasteiger partial charge on any atom is 0.328 e. The van der Waals surface area contributed by atoms with Crippen LogP contribution in [0.4, 0.5) is 0 Å². The number of phenolic OH excluding ortho intramolecular Hbond substituents is 1. The van der Waals surface area contributed by atoms with Gasteiger partial charge in [0.1, 0.15) is 5.75 Å². The second kappa shape index (κ2) is 10.9. The number of rotatable bonds is 11. The molecule has 0 fully saturated rings. The molecule has 0 bridgehead atoms. The molecule has 4 heteroatoms.